The standard InChI is InChI=1S/C13H24N2O2/c1-4-11-14-12(9(2)3)13(16)15(11)10-5-7-17-8-6-10/h9-12,14H,4-8H2,1-3H3. The molecule has 0 spiro atoms. The number of carbonyl (C=O) groups excluding carboxylic acids is 1. The van der Waals surface area contributed by atoms with Gasteiger partial charge in [0, 0.05) is 19.3 Å². The Morgan fingerprint density at radius 2 is 2.06 bits per heavy atom. The number of ether oxygens (including phenoxy) is 1. The lowest BCUT2D eigenvalue weighted by Gasteiger charge is -2.34. The van der Waals surface area contributed by atoms with Gasteiger partial charge in [0.1, 0.15) is 0 Å². The lowest BCUT2D eigenvalue weighted by atomic mass is 10.0. The Labute approximate surface area is 104 Å². The minimum absolute atomic E-state index is 0.00259. The largest absolute Gasteiger partial charge is 0.381 e. The molecule has 0 aromatic heterocycles. The lowest BCUT2D eigenvalue weighted by molar-refractivity contribution is -0.134. The van der Waals surface area contributed by atoms with Crippen molar-refractivity contribution in [3.05, 3.63) is 0 Å². The molecule has 2 rings (SSSR count). The molecule has 0 aromatic carbocycles. The average molecular weight is 240 g/mol. The molecule has 2 aliphatic heterocycles. The van der Waals surface area contributed by atoms with Gasteiger partial charge in [-0.15, -0.1) is 0 Å². The Kier molecular flexibility index (Phi) is 4.05. The molecule has 4 nitrogen and oxygen atoms in total. The highest BCUT2D eigenvalue weighted by Gasteiger charge is 2.42. The molecule has 0 aliphatic carbocycles. The molecule has 0 bridgehead atoms. The molecular weight excluding hydrogens is 216 g/mol. The van der Waals surface area contributed by atoms with E-state index in [1.165, 1.54) is 0 Å². The second-order valence-electron chi connectivity index (χ2n) is 5.40. The zero-order valence-electron chi connectivity index (χ0n) is 11.1. The first-order chi connectivity index (χ1) is 8.15. The van der Waals surface area contributed by atoms with Crippen LogP contribution >= 0.6 is 0 Å². The minimum atomic E-state index is 0.00259. The first-order valence-electron chi connectivity index (χ1n) is 6.81. The van der Waals surface area contributed by atoms with Crippen LogP contribution in [0.25, 0.3) is 0 Å². The third-order valence-electron chi connectivity index (χ3n) is 3.87. The van der Waals surface area contributed by atoms with Crippen LogP contribution in [0.2, 0.25) is 0 Å². The molecule has 2 atom stereocenters. The summed E-state index contributed by atoms with van der Waals surface area (Å²) in [6.07, 6.45) is 3.16. The van der Waals surface area contributed by atoms with Crippen molar-refractivity contribution >= 4 is 5.91 Å². The molecule has 2 unspecified atom stereocenters. The Balaban J connectivity index is 2.10. The van der Waals surface area contributed by atoms with E-state index in [1.807, 2.05) is 0 Å². The molecule has 1 amide bonds. The van der Waals surface area contributed by atoms with E-state index >= 15 is 0 Å². The van der Waals surface area contributed by atoms with E-state index in [4.69, 9.17) is 4.74 Å². The van der Waals surface area contributed by atoms with Crippen LogP contribution in [0.5, 0.6) is 0 Å². The van der Waals surface area contributed by atoms with Crippen LogP contribution in [-0.4, -0.2) is 42.3 Å². The van der Waals surface area contributed by atoms with E-state index in [0.717, 1.165) is 32.5 Å². The van der Waals surface area contributed by atoms with Gasteiger partial charge in [-0.05, 0) is 25.2 Å². The maximum absolute atomic E-state index is 12.4. The maximum Gasteiger partial charge on any atom is 0.241 e. The van der Waals surface area contributed by atoms with E-state index in [-0.39, 0.29) is 12.2 Å². The van der Waals surface area contributed by atoms with Crippen molar-refractivity contribution in [2.75, 3.05) is 13.2 Å². The van der Waals surface area contributed by atoms with Crippen LogP contribution in [0, 0.1) is 5.92 Å². The van der Waals surface area contributed by atoms with Crippen LogP contribution in [0.15, 0.2) is 0 Å². The van der Waals surface area contributed by atoms with Crippen LogP contribution in [-0.2, 0) is 9.53 Å². The van der Waals surface area contributed by atoms with Crippen molar-refractivity contribution in [3.63, 3.8) is 0 Å². The predicted octanol–water partition coefficient (Wildman–Crippen LogP) is 1.36. The van der Waals surface area contributed by atoms with Gasteiger partial charge in [0.25, 0.3) is 0 Å². The molecule has 2 saturated heterocycles. The first-order valence-corrected chi connectivity index (χ1v) is 6.81. The summed E-state index contributed by atoms with van der Waals surface area (Å²) in [5, 5.41) is 3.47. The van der Waals surface area contributed by atoms with Crippen molar-refractivity contribution in [1.82, 2.24) is 10.2 Å². The zero-order chi connectivity index (χ0) is 12.4. The Morgan fingerprint density at radius 3 is 2.59 bits per heavy atom. The third kappa shape index (κ3) is 2.47. The first kappa shape index (κ1) is 12.8. The second-order valence-corrected chi connectivity index (χ2v) is 5.40. The Hall–Kier alpha value is -0.610. The monoisotopic (exact) mass is 240 g/mol. The fourth-order valence-corrected chi connectivity index (χ4v) is 2.86. The average Bonchev–Trinajstić information content (AvgIpc) is 2.67. The van der Waals surface area contributed by atoms with Crippen LogP contribution < -0.4 is 5.32 Å². The predicted molar refractivity (Wildman–Crippen MR) is 66.5 cm³/mol. The summed E-state index contributed by atoms with van der Waals surface area (Å²) in [6.45, 7) is 7.93. The van der Waals surface area contributed by atoms with Crippen molar-refractivity contribution in [2.45, 2.75) is 58.3 Å². The van der Waals surface area contributed by atoms with Gasteiger partial charge in [-0.3, -0.25) is 10.1 Å². The topological polar surface area (TPSA) is 41.6 Å². The molecule has 17 heavy (non-hydrogen) atoms. The molecule has 0 aromatic rings. The van der Waals surface area contributed by atoms with Crippen molar-refractivity contribution in [2.24, 2.45) is 5.92 Å². The molecule has 4 heteroatoms. The summed E-state index contributed by atoms with van der Waals surface area (Å²) in [6, 6.07) is 0.375. The van der Waals surface area contributed by atoms with E-state index < -0.39 is 0 Å². The summed E-state index contributed by atoms with van der Waals surface area (Å²) in [7, 11) is 0. The highest BCUT2D eigenvalue weighted by Crippen LogP contribution is 2.25. The lowest BCUT2D eigenvalue weighted by Crippen LogP contribution is -2.46. The normalized spacial score (nSPS) is 31.5. The SMILES string of the molecule is CCC1NC(C(C)C)C(=O)N1C1CCOCC1. The number of nitrogens with one attached hydrogen (secondary N) is 1. The number of hydrogen-bond acceptors (Lipinski definition) is 3. The highest BCUT2D eigenvalue weighted by atomic mass is 16.5. The fraction of sp³-hybridized carbons (Fsp3) is 0.923. The van der Waals surface area contributed by atoms with Crippen LogP contribution in [0.1, 0.15) is 40.0 Å². The number of rotatable bonds is 3. The molecule has 2 heterocycles. The van der Waals surface area contributed by atoms with Gasteiger partial charge < -0.3 is 9.64 Å². The molecule has 0 radical (unpaired) electrons. The van der Waals surface area contributed by atoms with Crippen molar-refractivity contribution in [3.8, 4) is 0 Å². The summed E-state index contributed by atoms with van der Waals surface area (Å²) in [5.74, 6) is 0.653. The van der Waals surface area contributed by atoms with Gasteiger partial charge in [0.15, 0.2) is 0 Å². The van der Waals surface area contributed by atoms with Crippen LogP contribution in [0.3, 0.4) is 0 Å². The quantitative estimate of drug-likeness (QED) is 0.810. The van der Waals surface area contributed by atoms with Gasteiger partial charge in [0.2, 0.25) is 5.91 Å². The van der Waals surface area contributed by atoms with E-state index in [1.54, 1.807) is 0 Å². The molecule has 1 N–H and O–H groups in total. The second kappa shape index (κ2) is 5.36. The summed E-state index contributed by atoms with van der Waals surface area (Å²) in [5.41, 5.74) is 0. The number of hydrogen-bond donors (Lipinski definition) is 1. The Morgan fingerprint density at radius 1 is 1.41 bits per heavy atom. The van der Waals surface area contributed by atoms with Gasteiger partial charge in [0.05, 0.1) is 12.2 Å². The van der Waals surface area contributed by atoms with Gasteiger partial charge in [-0.25, -0.2) is 0 Å². The minimum Gasteiger partial charge on any atom is -0.381 e. The number of nitrogens with zero attached hydrogens (tertiary/aromatic N) is 1. The van der Waals surface area contributed by atoms with E-state index in [0.29, 0.717) is 17.9 Å². The van der Waals surface area contributed by atoms with Crippen molar-refractivity contribution in [1.29, 1.82) is 0 Å². The van der Waals surface area contributed by atoms with E-state index in [2.05, 4.69) is 31.0 Å². The molecule has 2 aliphatic rings. The molecule has 2 fully saturated rings. The third-order valence-corrected chi connectivity index (χ3v) is 3.87. The van der Waals surface area contributed by atoms with Gasteiger partial charge in [-0.2, -0.15) is 0 Å². The van der Waals surface area contributed by atoms with Crippen molar-refractivity contribution < 1.29 is 9.53 Å². The Bertz CT molecular complexity index is 275. The number of amides is 1. The summed E-state index contributed by atoms with van der Waals surface area (Å²) < 4.78 is 5.38. The van der Waals surface area contributed by atoms with E-state index in [9.17, 15) is 4.79 Å². The molecular formula is C13H24N2O2. The summed E-state index contributed by atoms with van der Waals surface area (Å²) >= 11 is 0. The van der Waals surface area contributed by atoms with Gasteiger partial charge >= 0.3 is 0 Å². The smallest absolute Gasteiger partial charge is 0.241 e. The molecule has 0 saturated carbocycles. The number of carbonyl (C=O) groups is 1. The maximum atomic E-state index is 12.4. The molecule has 98 valence electrons. The van der Waals surface area contributed by atoms with Crippen LogP contribution in [0.4, 0.5) is 0 Å². The fourth-order valence-electron chi connectivity index (χ4n) is 2.86. The van der Waals surface area contributed by atoms with Gasteiger partial charge in [-0.1, -0.05) is 20.8 Å². The summed E-state index contributed by atoms with van der Waals surface area (Å²) in [4.78, 5) is 14.5. The zero-order valence-corrected chi connectivity index (χ0v) is 11.1. The highest BCUT2D eigenvalue weighted by molar-refractivity contribution is 5.85.